The second-order valence-electron chi connectivity index (χ2n) is 5.75. The zero-order chi connectivity index (χ0) is 17.9. The molecule has 6 heteroatoms. The SMILES string of the molecule is CC1(N)C=CC(C#Cc2cc(-c3ccccc3O)nnc2N)=CC=N1. The van der Waals surface area contributed by atoms with E-state index in [1.807, 2.05) is 12.1 Å². The molecule has 1 atom stereocenters. The van der Waals surface area contributed by atoms with Gasteiger partial charge in [0.15, 0.2) is 5.82 Å². The molecule has 1 aromatic carbocycles. The fraction of sp³-hybridized carbons (Fsp3) is 0.105. The van der Waals surface area contributed by atoms with E-state index in [1.165, 1.54) is 0 Å². The third-order valence-corrected chi connectivity index (χ3v) is 3.55. The summed E-state index contributed by atoms with van der Waals surface area (Å²) in [5.74, 6) is 6.35. The number of hydrogen-bond acceptors (Lipinski definition) is 6. The number of nitrogens with two attached hydrogens (primary N) is 2. The van der Waals surface area contributed by atoms with Gasteiger partial charge in [0.25, 0.3) is 0 Å². The fourth-order valence-corrected chi connectivity index (χ4v) is 2.18. The van der Waals surface area contributed by atoms with E-state index in [0.717, 1.165) is 5.57 Å². The molecule has 2 heterocycles. The molecule has 1 aliphatic rings. The van der Waals surface area contributed by atoms with Gasteiger partial charge in [-0.3, -0.25) is 4.99 Å². The number of phenols is 1. The Morgan fingerprint density at radius 3 is 2.76 bits per heavy atom. The Kier molecular flexibility index (Phi) is 4.33. The topological polar surface area (TPSA) is 110 Å². The van der Waals surface area contributed by atoms with Gasteiger partial charge in [0.05, 0.1) is 11.3 Å². The first-order valence-electron chi connectivity index (χ1n) is 7.62. The van der Waals surface area contributed by atoms with Crippen LogP contribution in [-0.4, -0.2) is 27.2 Å². The predicted molar refractivity (Wildman–Crippen MR) is 98.7 cm³/mol. The van der Waals surface area contributed by atoms with Gasteiger partial charge in [-0.15, -0.1) is 10.2 Å². The minimum atomic E-state index is -0.741. The number of anilines is 1. The number of nitrogen functional groups attached to an aromatic ring is 1. The summed E-state index contributed by atoms with van der Waals surface area (Å²) in [5, 5.41) is 17.9. The number of rotatable bonds is 1. The van der Waals surface area contributed by atoms with E-state index in [1.54, 1.807) is 49.6 Å². The van der Waals surface area contributed by atoms with Crippen LogP contribution in [0.5, 0.6) is 5.75 Å². The van der Waals surface area contributed by atoms with Crippen LogP contribution in [0.4, 0.5) is 5.82 Å². The van der Waals surface area contributed by atoms with Crippen molar-refractivity contribution in [1.29, 1.82) is 0 Å². The number of benzene rings is 1. The fourth-order valence-electron chi connectivity index (χ4n) is 2.18. The van der Waals surface area contributed by atoms with Crippen molar-refractivity contribution < 1.29 is 5.11 Å². The maximum absolute atomic E-state index is 9.96. The van der Waals surface area contributed by atoms with E-state index >= 15 is 0 Å². The molecule has 0 saturated carbocycles. The van der Waals surface area contributed by atoms with Crippen molar-refractivity contribution in [3.8, 4) is 28.8 Å². The first-order chi connectivity index (χ1) is 11.9. The van der Waals surface area contributed by atoms with E-state index in [0.29, 0.717) is 16.8 Å². The molecule has 1 aliphatic heterocycles. The van der Waals surface area contributed by atoms with E-state index in [4.69, 9.17) is 11.5 Å². The van der Waals surface area contributed by atoms with Crippen molar-refractivity contribution in [2.75, 3.05) is 5.73 Å². The smallest absolute Gasteiger partial charge is 0.161 e. The average Bonchev–Trinajstić information content (AvgIpc) is 2.75. The normalized spacial score (nSPS) is 18.9. The summed E-state index contributed by atoms with van der Waals surface area (Å²) in [4.78, 5) is 4.19. The van der Waals surface area contributed by atoms with Gasteiger partial charge in [0.1, 0.15) is 11.4 Å². The first kappa shape index (κ1) is 16.4. The number of para-hydroxylation sites is 1. The van der Waals surface area contributed by atoms with Crippen LogP contribution in [-0.2, 0) is 0 Å². The van der Waals surface area contributed by atoms with E-state index in [9.17, 15) is 5.11 Å². The Balaban J connectivity index is 1.95. The molecule has 6 nitrogen and oxygen atoms in total. The van der Waals surface area contributed by atoms with Crippen LogP contribution in [0.15, 0.2) is 59.1 Å². The molecule has 0 saturated heterocycles. The van der Waals surface area contributed by atoms with Crippen LogP contribution in [0, 0.1) is 11.8 Å². The molecule has 0 radical (unpaired) electrons. The van der Waals surface area contributed by atoms with E-state index in [2.05, 4.69) is 27.0 Å². The van der Waals surface area contributed by atoms with Gasteiger partial charge < -0.3 is 16.6 Å². The Hall–Kier alpha value is -3.43. The maximum Gasteiger partial charge on any atom is 0.161 e. The molecular weight excluding hydrogens is 314 g/mol. The van der Waals surface area contributed by atoms with Crippen molar-refractivity contribution in [2.24, 2.45) is 10.7 Å². The number of phenolic OH excluding ortho intramolecular Hbond substituents is 1. The summed E-state index contributed by atoms with van der Waals surface area (Å²) in [6.07, 6.45) is 7.00. The molecule has 5 N–H and O–H groups in total. The zero-order valence-electron chi connectivity index (χ0n) is 13.6. The Bertz CT molecular complexity index is 961. The third kappa shape index (κ3) is 3.91. The molecule has 0 bridgehead atoms. The van der Waals surface area contributed by atoms with Gasteiger partial charge in [-0.25, -0.2) is 0 Å². The number of hydrogen-bond donors (Lipinski definition) is 3. The number of allylic oxidation sites excluding steroid dienone is 3. The van der Waals surface area contributed by atoms with Crippen LogP contribution < -0.4 is 11.5 Å². The highest BCUT2D eigenvalue weighted by Gasteiger charge is 2.12. The minimum absolute atomic E-state index is 0.119. The molecular formula is C19H17N5O. The second-order valence-corrected chi connectivity index (χ2v) is 5.75. The van der Waals surface area contributed by atoms with Gasteiger partial charge in [0.2, 0.25) is 0 Å². The summed E-state index contributed by atoms with van der Waals surface area (Å²) in [7, 11) is 0. The predicted octanol–water partition coefficient (Wildman–Crippen LogP) is 2.02. The van der Waals surface area contributed by atoms with Gasteiger partial charge >= 0.3 is 0 Å². The van der Waals surface area contributed by atoms with Crippen LogP contribution in [0.2, 0.25) is 0 Å². The summed E-state index contributed by atoms with van der Waals surface area (Å²) >= 11 is 0. The van der Waals surface area contributed by atoms with Gasteiger partial charge in [-0.2, -0.15) is 0 Å². The average molecular weight is 331 g/mol. The second kappa shape index (κ2) is 6.59. The summed E-state index contributed by atoms with van der Waals surface area (Å²) in [5.41, 5.74) is 13.4. The molecule has 3 rings (SSSR count). The summed E-state index contributed by atoms with van der Waals surface area (Å²) in [6.45, 7) is 1.80. The molecule has 1 unspecified atom stereocenters. The molecule has 0 aliphatic carbocycles. The van der Waals surface area contributed by atoms with Crippen LogP contribution in [0.25, 0.3) is 11.3 Å². The third-order valence-electron chi connectivity index (χ3n) is 3.55. The zero-order valence-corrected chi connectivity index (χ0v) is 13.6. The standard InChI is InChI=1S/C19H17N5O/c1-19(21)10-8-13(9-11-22-19)6-7-14-12-16(23-24-18(14)20)15-4-2-3-5-17(15)25/h2-5,8-12,25H,21H2,1H3,(H2,20,24). The Morgan fingerprint density at radius 2 is 1.96 bits per heavy atom. The lowest BCUT2D eigenvalue weighted by Gasteiger charge is -2.11. The summed E-state index contributed by atoms with van der Waals surface area (Å²) < 4.78 is 0. The van der Waals surface area contributed by atoms with E-state index in [-0.39, 0.29) is 11.6 Å². The Labute approximate surface area is 145 Å². The van der Waals surface area contributed by atoms with Crippen LogP contribution >= 0.6 is 0 Å². The summed E-state index contributed by atoms with van der Waals surface area (Å²) in [6, 6.07) is 8.59. The molecule has 0 fully saturated rings. The van der Waals surface area contributed by atoms with Crippen LogP contribution in [0.3, 0.4) is 0 Å². The minimum Gasteiger partial charge on any atom is -0.507 e. The van der Waals surface area contributed by atoms with Crippen molar-refractivity contribution >= 4 is 12.0 Å². The highest BCUT2D eigenvalue weighted by Crippen LogP contribution is 2.27. The van der Waals surface area contributed by atoms with Crippen LogP contribution in [0.1, 0.15) is 12.5 Å². The number of nitrogens with zero attached hydrogens (tertiary/aromatic N) is 3. The molecule has 124 valence electrons. The monoisotopic (exact) mass is 331 g/mol. The van der Waals surface area contributed by atoms with E-state index < -0.39 is 5.66 Å². The highest BCUT2D eigenvalue weighted by atomic mass is 16.3. The Morgan fingerprint density at radius 1 is 1.16 bits per heavy atom. The van der Waals surface area contributed by atoms with Crippen molar-refractivity contribution in [2.45, 2.75) is 12.6 Å². The molecule has 0 amide bonds. The van der Waals surface area contributed by atoms with Gasteiger partial charge in [0, 0.05) is 17.4 Å². The number of aromatic hydroxyl groups is 1. The van der Waals surface area contributed by atoms with Crippen molar-refractivity contribution in [3.05, 3.63) is 59.7 Å². The lowest BCUT2D eigenvalue weighted by Crippen LogP contribution is -2.30. The molecule has 1 aromatic heterocycles. The van der Waals surface area contributed by atoms with Crippen molar-refractivity contribution in [3.63, 3.8) is 0 Å². The number of aromatic nitrogens is 2. The van der Waals surface area contributed by atoms with Crippen molar-refractivity contribution in [1.82, 2.24) is 10.2 Å². The lowest BCUT2D eigenvalue weighted by atomic mass is 10.1. The maximum atomic E-state index is 9.96. The quantitative estimate of drug-likeness (QED) is 0.692. The number of aliphatic imine (C=N–C) groups is 1. The largest absolute Gasteiger partial charge is 0.507 e. The molecule has 0 spiro atoms. The first-order valence-corrected chi connectivity index (χ1v) is 7.62. The highest BCUT2D eigenvalue weighted by molar-refractivity contribution is 5.77. The lowest BCUT2D eigenvalue weighted by molar-refractivity contribution is 0.477. The van der Waals surface area contributed by atoms with Gasteiger partial charge in [-0.1, -0.05) is 24.0 Å². The molecule has 25 heavy (non-hydrogen) atoms. The molecule has 2 aromatic rings. The van der Waals surface area contributed by atoms with Gasteiger partial charge in [-0.05, 0) is 43.4 Å².